The van der Waals surface area contributed by atoms with E-state index in [1.165, 1.54) is 0 Å². The lowest BCUT2D eigenvalue weighted by Gasteiger charge is -2.37. The van der Waals surface area contributed by atoms with Crippen molar-refractivity contribution in [3.8, 4) is 0 Å². The van der Waals surface area contributed by atoms with Crippen LogP contribution in [0.5, 0.6) is 0 Å². The molecule has 1 N–H and O–H groups in total. The van der Waals surface area contributed by atoms with E-state index in [4.69, 9.17) is 0 Å². The zero-order chi connectivity index (χ0) is 14.8. The molecular weight excluding hydrogens is 288 g/mol. The third kappa shape index (κ3) is 3.20. The van der Waals surface area contributed by atoms with Gasteiger partial charge in [0.25, 0.3) is 0 Å². The second-order valence-corrected chi connectivity index (χ2v) is 6.60. The average molecular weight is 308 g/mol. The summed E-state index contributed by atoms with van der Waals surface area (Å²) < 4.78 is 0. The van der Waals surface area contributed by atoms with Gasteiger partial charge < -0.3 is 14.9 Å². The van der Waals surface area contributed by atoms with Crippen LogP contribution in [0.15, 0.2) is 16.8 Å². The first-order valence-electron chi connectivity index (χ1n) is 7.48. The van der Waals surface area contributed by atoms with E-state index in [1.54, 1.807) is 16.2 Å². The van der Waals surface area contributed by atoms with Crippen LogP contribution >= 0.6 is 11.3 Å². The topological polar surface area (TPSA) is 60.9 Å². The first kappa shape index (κ1) is 14.4. The van der Waals surface area contributed by atoms with E-state index in [-0.39, 0.29) is 12.1 Å². The molecule has 1 unspecified atom stereocenters. The minimum Gasteiger partial charge on any atom is -0.480 e. The second kappa shape index (κ2) is 6.05. The van der Waals surface area contributed by atoms with Crippen molar-refractivity contribution in [3.05, 3.63) is 22.4 Å². The largest absolute Gasteiger partial charge is 0.480 e. The normalized spacial score (nSPS) is 22.1. The summed E-state index contributed by atoms with van der Waals surface area (Å²) in [4.78, 5) is 27.6. The van der Waals surface area contributed by atoms with Crippen molar-refractivity contribution >= 4 is 23.3 Å². The van der Waals surface area contributed by atoms with E-state index < -0.39 is 12.0 Å². The van der Waals surface area contributed by atoms with Crippen LogP contribution in [0.2, 0.25) is 0 Å². The summed E-state index contributed by atoms with van der Waals surface area (Å²) in [5.74, 6) is -0.880. The number of hydrogen-bond donors (Lipinski definition) is 1. The van der Waals surface area contributed by atoms with E-state index >= 15 is 0 Å². The molecule has 1 aliphatic carbocycles. The molecule has 0 bridgehead atoms. The Balaban J connectivity index is 1.75. The molecule has 21 heavy (non-hydrogen) atoms. The molecule has 1 saturated carbocycles. The third-order valence-corrected chi connectivity index (χ3v) is 4.93. The summed E-state index contributed by atoms with van der Waals surface area (Å²) >= 11 is 1.62. The van der Waals surface area contributed by atoms with Gasteiger partial charge in [-0.25, -0.2) is 9.59 Å². The number of carbonyl (C=O) groups excluding carboxylic acids is 1. The molecule has 1 aromatic heterocycles. The van der Waals surface area contributed by atoms with E-state index in [0.717, 1.165) is 31.2 Å². The van der Waals surface area contributed by atoms with Gasteiger partial charge in [-0.1, -0.05) is 0 Å². The van der Waals surface area contributed by atoms with Crippen molar-refractivity contribution < 1.29 is 14.7 Å². The fourth-order valence-electron chi connectivity index (χ4n) is 2.90. The fraction of sp³-hybridized carbons (Fsp3) is 0.600. The Morgan fingerprint density at radius 3 is 2.76 bits per heavy atom. The smallest absolute Gasteiger partial charge is 0.326 e. The molecule has 1 atom stereocenters. The van der Waals surface area contributed by atoms with Gasteiger partial charge in [-0.15, -0.1) is 0 Å². The highest BCUT2D eigenvalue weighted by molar-refractivity contribution is 7.07. The number of nitrogens with zero attached hydrogens (tertiary/aromatic N) is 2. The van der Waals surface area contributed by atoms with Gasteiger partial charge in [0.2, 0.25) is 0 Å². The number of hydrogen-bond acceptors (Lipinski definition) is 3. The van der Waals surface area contributed by atoms with Crippen LogP contribution < -0.4 is 0 Å². The molecule has 2 fully saturated rings. The highest BCUT2D eigenvalue weighted by Crippen LogP contribution is 2.31. The standard InChI is InChI=1S/C15H20N2O3S/c18-14(19)13-3-1-2-7-16(13)15(20)17(12-4-5-12)9-11-6-8-21-10-11/h6,8,10,12-13H,1-5,7,9H2,(H,18,19). The van der Waals surface area contributed by atoms with Gasteiger partial charge in [-0.2, -0.15) is 11.3 Å². The van der Waals surface area contributed by atoms with Crippen molar-refractivity contribution in [2.24, 2.45) is 0 Å². The van der Waals surface area contributed by atoms with Gasteiger partial charge in [0.05, 0.1) is 0 Å². The predicted molar refractivity (Wildman–Crippen MR) is 80.3 cm³/mol. The van der Waals surface area contributed by atoms with E-state index in [2.05, 4.69) is 0 Å². The Bertz CT molecular complexity index is 513. The number of piperidine rings is 1. The van der Waals surface area contributed by atoms with Crippen molar-refractivity contribution in [3.63, 3.8) is 0 Å². The third-order valence-electron chi connectivity index (χ3n) is 4.20. The number of rotatable bonds is 4. The van der Waals surface area contributed by atoms with Crippen molar-refractivity contribution in [1.29, 1.82) is 0 Å². The highest BCUT2D eigenvalue weighted by atomic mass is 32.1. The fourth-order valence-corrected chi connectivity index (χ4v) is 3.56. The van der Waals surface area contributed by atoms with Crippen molar-refractivity contribution in [2.75, 3.05) is 6.54 Å². The molecule has 0 radical (unpaired) electrons. The molecule has 2 aliphatic rings. The minimum absolute atomic E-state index is 0.101. The number of thiophene rings is 1. The van der Waals surface area contributed by atoms with Gasteiger partial charge in [0, 0.05) is 19.1 Å². The Hall–Kier alpha value is -1.56. The first-order chi connectivity index (χ1) is 10.2. The van der Waals surface area contributed by atoms with Gasteiger partial charge in [0.1, 0.15) is 6.04 Å². The van der Waals surface area contributed by atoms with Gasteiger partial charge >= 0.3 is 12.0 Å². The molecule has 1 aromatic rings. The van der Waals surface area contributed by atoms with Crippen molar-refractivity contribution in [1.82, 2.24) is 9.80 Å². The summed E-state index contributed by atoms with van der Waals surface area (Å²) in [5.41, 5.74) is 1.13. The summed E-state index contributed by atoms with van der Waals surface area (Å²) in [6.45, 7) is 1.15. The monoisotopic (exact) mass is 308 g/mol. The number of likely N-dealkylation sites (tertiary alicyclic amines) is 1. The number of carboxylic acid groups (broad SMARTS) is 1. The number of urea groups is 1. The number of amides is 2. The quantitative estimate of drug-likeness (QED) is 0.930. The molecule has 6 heteroatoms. The van der Waals surface area contributed by atoms with Crippen LogP contribution in [0.4, 0.5) is 4.79 Å². The summed E-state index contributed by atoms with van der Waals surface area (Å²) in [6, 6.07) is 1.55. The zero-order valence-corrected chi connectivity index (χ0v) is 12.7. The van der Waals surface area contributed by atoms with Crippen LogP contribution in [-0.4, -0.2) is 45.5 Å². The van der Waals surface area contributed by atoms with E-state index in [9.17, 15) is 14.7 Å². The first-order valence-corrected chi connectivity index (χ1v) is 8.42. The lowest BCUT2D eigenvalue weighted by atomic mass is 10.0. The highest BCUT2D eigenvalue weighted by Gasteiger charge is 2.39. The maximum atomic E-state index is 12.8. The maximum Gasteiger partial charge on any atom is 0.326 e. The molecule has 2 amide bonds. The van der Waals surface area contributed by atoms with E-state index in [1.807, 2.05) is 21.7 Å². The Labute approximate surface area is 128 Å². The van der Waals surface area contributed by atoms with E-state index in [0.29, 0.717) is 19.5 Å². The van der Waals surface area contributed by atoms with Crippen LogP contribution in [0, 0.1) is 0 Å². The van der Waals surface area contributed by atoms with Crippen LogP contribution in [0.25, 0.3) is 0 Å². The minimum atomic E-state index is -0.880. The molecule has 1 aliphatic heterocycles. The second-order valence-electron chi connectivity index (χ2n) is 5.82. The molecule has 114 valence electrons. The van der Waals surface area contributed by atoms with Gasteiger partial charge in [-0.3, -0.25) is 0 Å². The summed E-state index contributed by atoms with van der Waals surface area (Å²) in [7, 11) is 0. The number of carboxylic acids is 1. The lowest BCUT2D eigenvalue weighted by molar-refractivity contribution is -0.143. The van der Waals surface area contributed by atoms with Crippen LogP contribution in [0.1, 0.15) is 37.7 Å². The maximum absolute atomic E-state index is 12.8. The van der Waals surface area contributed by atoms with Gasteiger partial charge in [-0.05, 0) is 54.5 Å². The number of aliphatic carboxylic acids is 1. The lowest BCUT2D eigenvalue weighted by Crippen LogP contribution is -2.53. The Morgan fingerprint density at radius 1 is 1.33 bits per heavy atom. The molecule has 2 heterocycles. The molecule has 1 saturated heterocycles. The van der Waals surface area contributed by atoms with Crippen molar-refractivity contribution in [2.45, 2.75) is 50.7 Å². The van der Waals surface area contributed by atoms with Gasteiger partial charge in [0.15, 0.2) is 0 Å². The number of carbonyl (C=O) groups is 2. The molecule has 0 aromatic carbocycles. The Kier molecular flexibility index (Phi) is 4.14. The van der Waals surface area contributed by atoms with Crippen LogP contribution in [0.3, 0.4) is 0 Å². The SMILES string of the molecule is O=C(O)C1CCCCN1C(=O)N(Cc1ccsc1)C1CC1. The molecular formula is C15H20N2O3S. The Morgan fingerprint density at radius 2 is 2.14 bits per heavy atom. The molecule has 3 rings (SSSR count). The molecule has 5 nitrogen and oxygen atoms in total. The summed E-state index contributed by atoms with van der Waals surface area (Å²) in [6.07, 6.45) is 4.40. The molecule has 0 spiro atoms. The average Bonchev–Trinajstić information content (AvgIpc) is 3.20. The zero-order valence-electron chi connectivity index (χ0n) is 11.9. The summed E-state index contributed by atoms with van der Waals surface area (Å²) in [5, 5.41) is 13.4. The van der Waals surface area contributed by atoms with Crippen LogP contribution in [-0.2, 0) is 11.3 Å². The predicted octanol–water partition coefficient (Wildman–Crippen LogP) is 2.77.